The van der Waals surface area contributed by atoms with Crippen LogP contribution in [0.25, 0.3) is 33.8 Å². The van der Waals surface area contributed by atoms with Gasteiger partial charge in [-0.05, 0) is 65.3 Å². The standard InChI is InChI=1S/C34H41N4/c1-10-34(11-2)24(6)29-15-14-28(20-30(29)32-23(5)13-12-16-37(32)34)38-21-31(35-36-38)26-17-25(22(3)4)18-27(19-26)33(7,8)9/h12-22H,6,10-11H2,1-5,7-9H3/q+1. The average Bonchev–Trinajstić information content (AvgIpc) is 3.39. The van der Waals surface area contributed by atoms with Gasteiger partial charge in [0.25, 0.3) is 0 Å². The molecule has 0 unspecified atom stereocenters. The highest BCUT2D eigenvalue weighted by molar-refractivity contribution is 5.84. The van der Waals surface area contributed by atoms with Crippen molar-refractivity contribution >= 4 is 5.57 Å². The lowest BCUT2D eigenvalue weighted by molar-refractivity contribution is -0.741. The first-order valence-corrected chi connectivity index (χ1v) is 13.9. The van der Waals surface area contributed by atoms with Gasteiger partial charge in [-0.25, -0.2) is 4.68 Å². The van der Waals surface area contributed by atoms with Crippen LogP contribution in [-0.4, -0.2) is 15.0 Å². The fraction of sp³-hybridized carbons (Fsp3) is 0.382. The molecule has 4 aromatic rings. The fourth-order valence-corrected chi connectivity index (χ4v) is 5.95. The van der Waals surface area contributed by atoms with Crippen LogP contribution in [0.15, 0.2) is 67.5 Å². The maximum atomic E-state index is 4.62. The Bertz CT molecular complexity index is 1530. The Morgan fingerprint density at radius 2 is 1.74 bits per heavy atom. The van der Waals surface area contributed by atoms with Crippen molar-refractivity contribution in [2.45, 2.75) is 85.1 Å². The van der Waals surface area contributed by atoms with Gasteiger partial charge in [-0.2, -0.15) is 4.57 Å². The van der Waals surface area contributed by atoms with Crippen LogP contribution in [0.3, 0.4) is 0 Å². The maximum absolute atomic E-state index is 4.62. The van der Waals surface area contributed by atoms with Crippen molar-refractivity contribution in [2.75, 3.05) is 0 Å². The van der Waals surface area contributed by atoms with Crippen molar-refractivity contribution in [1.82, 2.24) is 15.0 Å². The van der Waals surface area contributed by atoms with Gasteiger partial charge < -0.3 is 0 Å². The summed E-state index contributed by atoms with van der Waals surface area (Å²) in [7, 11) is 0. The van der Waals surface area contributed by atoms with Gasteiger partial charge >= 0.3 is 0 Å². The first kappa shape index (κ1) is 26.1. The number of aryl methyl sites for hydroxylation is 1. The summed E-state index contributed by atoms with van der Waals surface area (Å²) < 4.78 is 4.36. The zero-order valence-corrected chi connectivity index (χ0v) is 24.3. The van der Waals surface area contributed by atoms with Gasteiger partial charge in [0.15, 0.2) is 11.7 Å². The smallest absolute Gasteiger partial charge is 0.216 e. The normalized spacial score (nSPS) is 14.5. The molecule has 0 radical (unpaired) electrons. The summed E-state index contributed by atoms with van der Waals surface area (Å²) >= 11 is 0. The minimum Gasteiger partial charge on any atom is -0.220 e. The third kappa shape index (κ3) is 4.11. The minimum absolute atomic E-state index is 0.0612. The van der Waals surface area contributed by atoms with Crippen LogP contribution in [-0.2, 0) is 11.0 Å². The Balaban J connectivity index is 1.62. The van der Waals surface area contributed by atoms with Crippen LogP contribution < -0.4 is 4.57 Å². The lowest BCUT2D eigenvalue weighted by Gasteiger charge is -2.35. The number of allylic oxidation sites excluding steroid dienone is 1. The predicted molar refractivity (Wildman–Crippen MR) is 158 cm³/mol. The highest BCUT2D eigenvalue weighted by Gasteiger charge is 2.47. The van der Waals surface area contributed by atoms with Gasteiger partial charge in [-0.3, -0.25) is 0 Å². The number of hydrogen-bond acceptors (Lipinski definition) is 2. The maximum Gasteiger partial charge on any atom is 0.216 e. The fourth-order valence-electron chi connectivity index (χ4n) is 5.95. The number of rotatable bonds is 5. The van der Waals surface area contributed by atoms with Crippen LogP contribution in [0.4, 0.5) is 0 Å². The highest BCUT2D eigenvalue weighted by Crippen LogP contribution is 2.44. The van der Waals surface area contributed by atoms with Crippen LogP contribution >= 0.6 is 0 Å². The summed E-state index contributed by atoms with van der Waals surface area (Å²) in [6.07, 6.45) is 6.28. The molecular formula is C34H41N4+. The van der Waals surface area contributed by atoms with Crippen molar-refractivity contribution in [1.29, 1.82) is 0 Å². The molecule has 0 spiro atoms. The van der Waals surface area contributed by atoms with Gasteiger partial charge in [0, 0.05) is 35.6 Å². The van der Waals surface area contributed by atoms with E-state index in [4.69, 9.17) is 0 Å². The SMILES string of the molecule is C=C1c2ccc(-n3cc(-c4cc(C(C)C)cc(C(C)(C)C)c4)nn3)cc2-c2c(C)ccc[n+]2C1(CC)CC. The van der Waals surface area contributed by atoms with E-state index in [9.17, 15) is 0 Å². The van der Waals surface area contributed by atoms with Crippen molar-refractivity contribution in [2.24, 2.45) is 0 Å². The molecular weight excluding hydrogens is 464 g/mol. The van der Waals surface area contributed by atoms with Crippen LogP contribution in [0.1, 0.15) is 89.5 Å². The zero-order valence-electron chi connectivity index (χ0n) is 24.3. The molecule has 2 aromatic heterocycles. The van der Waals surface area contributed by atoms with E-state index in [1.54, 1.807) is 0 Å². The molecule has 1 aliphatic heterocycles. The number of fused-ring (bicyclic) bond motifs is 3. The van der Waals surface area contributed by atoms with Gasteiger partial charge in [-0.1, -0.05) is 72.4 Å². The molecule has 0 fully saturated rings. The summed E-state index contributed by atoms with van der Waals surface area (Å²) in [4.78, 5) is 0. The van der Waals surface area contributed by atoms with E-state index in [0.717, 1.165) is 29.8 Å². The molecule has 0 atom stereocenters. The Hall–Kier alpha value is -3.53. The first-order valence-electron chi connectivity index (χ1n) is 13.9. The third-order valence-corrected chi connectivity index (χ3v) is 8.51. The molecule has 0 saturated heterocycles. The Morgan fingerprint density at radius 1 is 1.00 bits per heavy atom. The summed E-state index contributed by atoms with van der Waals surface area (Å²) in [5.74, 6) is 0.444. The number of benzene rings is 2. The third-order valence-electron chi connectivity index (χ3n) is 8.51. The van der Waals surface area contributed by atoms with Gasteiger partial charge in [0.05, 0.1) is 17.4 Å². The largest absolute Gasteiger partial charge is 0.220 e. The van der Waals surface area contributed by atoms with Crippen LogP contribution in [0, 0.1) is 6.92 Å². The molecule has 5 rings (SSSR count). The number of pyridine rings is 1. The number of aromatic nitrogens is 4. The minimum atomic E-state index is -0.109. The van der Waals surface area contributed by atoms with E-state index in [-0.39, 0.29) is 11.0 Å². The molecule has 38 heavy (non-hydrogen) atoms. The quantitative estimate of drug-likeness (QED) is 0.256. The second kappa shape index (κ2) is 9.34. The Kier molecular flexibility index (Phi) is 6.41. The molecule has 4 nitrogen and oxygen atoms in total. The van der Waals surface area contributed by atoms with Crippen molar-refractivity contribution in [3.63, 3.8) is 0 Å². The van der Waals surface area contributed by atoms with E-state index in [2.05, 4.69) is 138 Å². The molecule has 3 heterocycles. The number of hydrogen-bond donors (Lipinski definition) is 0. The zero-order chi connectivity index (χ0) is 27.4. The van der Waals surface area contributed by atoms with E-state index in [0.29, 0.717) is 5.92 Å². The summed E-state index contributed by atoms with van der Waals surface area (Å²) in [5.41, 5.74) is 11.8. The van der Waals surface area contributed by atoms with E-state index in [1.807, 2.05) is 4.68 Å². The highest BCUT2D eigenvalue weighted by atomic mass is 15.4. The van der Waals surface area contributed by atoms with E-state index < -0.39 is 0 Å². The Labute approximate surface area is 228 Å². The molecule has 4 heteroatoms. The molecule has 0 saturated carbocycles. The summed E-state index contributed by atoms with van der Waals surface area (Å²) in [6.45, 7) is 22.6. The second-order valence-corrected chi connectivity index (χ2v) is 12.2. The molecule has 0 amide bonds. The second-order valence-electron chi connectivity index (χ2n) is 12.2. The summed E-state index contributed by atoms with van der Waals surface area (Å²) in [6, 6.07) is 17.8. The molecule has 1 aliphatic rings. The van der Waals surface area contributed by atoms with Crippen molar-refractivity contribution in [3.05, 3.63) is 89.8 Å². The lowest BCUT2D eigenvalue weighted by atomic mass is 9.75. The van der Waals surface area contributed by atoms with Crippen LogP contribution in [0.5, 0.6) is 0 Å². The van der Waals surface area contributed by atoms with Crippen molar-refractivity contribution < 1.29 is 4.57 Å². The molecule has 0 N–H and O–H groups in total. The number of nitrogens with zero attached hydrogens (tertiary/aromatic N) is 4. The van der Waals surface area contributed by atoms with E-state index >= 15 is 0 Å². The average molecular weight is 506 g/mol. The monoisotopic (exact) mass is 505 g/mol. The molecule has 196 valence electrons. The van der Waals surface area contributed by atoms with Gasteiger partial charge in [0.1, 0.15) is 5.69 Å². The van der Waals surface area contributed by atoms with E-state index in [1.165, 1.54) is 39.1 Å². The van der Waals surface area contributed by atoms with Crippen molar-refractivity contribution in [3.8, 4) is 28.2 Å². The Morgan fingerprint density at radius 3 is 2.39 bits per heavy atom. The molecule has 0 aliphatic carbocycles. The predicted octanol–water partition coefficient (Wildman–Crippen LogP) is 8.16. The van der Waals surface area contributed by atoms with Crippen LogP contribution in [0.2, 0.25) is 0 Å². The first-order chi connectivity index (χ1) is 18.0. The topological polar surface area (TPSA) is 34.6 Å². The van der Waals surface area contributed by atoms with Gasteiger partial charge in [0.2, 0.25) is 5.69 Å². The molecule has 0 bridgehead atoms. The van der Waals surface area contributed by atoms with Gasteiger partial charge in [-0.15, -0.1) is 5.10 Å². The molecule has 2 aromatic carbocycles. The summed E-state index contributed by atoms with van der Waals surface area (Å²) in [5, 5.41) is 9.19. The lowest BCUT2D eigenvalue weighted by Crippen LogP contribution is -2.59.